The first-order valence-electron chi connectivity index (χ1n) is 6.25. The Morgan fingerprint density at radius 1 is 1.40 bits per heavy atom. The van der Waals surface area contributed by atoms with Crippen LogP contribution in [0.5, 0.6) is 0 Å². The summed E-state index contributed by atoms with van der Waals surface area (Å²) in [6.07, 6.45) is 4.87. The van der Waals surface area contributed by atoms with Crippen molar-refractivity contribution in [3.8, 4) is 0 Å². The summed E-state index contributed by atoms with van der Waals surface area (Å²) in [6, 6.07) is 0.550. The summed E-state index contributed by atoms with van der Waals surface area (Å²) in [6.45, 7) is 4.50. The SMILES string of the molecule is CC(CC1CC1)NCC(O)C1CCOC1. The van der Waals surface area contributed by atoms with Gasteiger partial charge in [-0.3, -0.25) is 0 Å². The van der Waals surface area contributed by atoms with Gasteiger partial charge in [0.15, 0.2) is 0 Å². The van der Waals surface area contributed by atoms with Gasteiger partial charge >= 0.3 is 0 Å². The zero-order chi connectivity index (χ0) is 10.7. The number of hydrogen-bond acceptors (Lipinski definition) is 3. The van der Waals surface area contributed by atoms with Gasteiger partial charge in [0, 0.05) is 25.1 Å². The van der Waals surface area contributed by atoms with Gasteiger partial charge in [-0.2, -0.15) is 0 Å². The Labute approximate surface area is 92.2 Å². The molecule has 0 aromatic rings. The Kier molecular flexibility index (Phi) is 4.00. The normalized spacial score (nSPS) is 30.4. The molecule has 1 aliphatic carbocycles. The molecule has 1 heterocycles. The van der Waals surface area contributed by atoms with E-state index < -0.39 is 0 Å². The first-order chi connectivity index (χ1) is 7.25. The predicted octanol–water partition coefficient (Wildman–Crippen LogP) is 1.16. The second-order valence-electron chi connectivity index (χ2n) is 5.18. The smallest absolute Gasteiger partial charge is 0.0715 e. The molecule has 2 aliphatic rings. The van der Waals surface area contributed by atoms with Crippen LogP contribution in [0.25, 0.3) is 0 Å². The van der Waals surface area contributed by atoms with E-state index in [4.69, 9.17) is 4.74 Å². The molecule has 1 saturated heterocycles. The van der Waals surface area contributed by atoms with Crippen molar-refractivity contribution < 1.29 is 9.84 Å². The third-order valence-electron chi connectivity index (χ3n) is 3.57. The highest BCUT2D eigenvalue weighted by Crippen LogP contribution is 2.33. The molecule has 3 nitrogen and oxygen atoms in total. The van der Waals surface area contributed by atoms with Crippen molar-refractivity contribution in [2.75, 3.05) is 19.8 Å². The van der Waals surface area contributed by atoms with Gasteiger partial charge in [-0.15, -0.1) is 0 Å². The maximum atomic E-state index is 9.91. The fraction of sp³-hybridized carbons (Fsp3) is 1.00. The minimum atomic E-state index is -0.228. The number of aliphatic hydroxyl groups is 1. The molecule has 3 atom stereocenters. The molecule has 15 heavy (non-hydrogen) atoms. The van der Waals surface area contributed by atoms with E-state index in [0.29, 0.717) is 12.0 Å². The summed E-state index contributed by atoms with van der Waals surface area (Å²) in [5.41, 5.74) is 0. The molecule has 1 aliphatic heterocycles. The van der Waals surface area contributed by atoms with Gasteiger partial charge in [-0.05, 0) is 25.7 Å². The zero-order valence-corrected chi connectivity index (χ0v) is 9.61. The van der Waals surface area contributed by atoms with Gasteiger partial charge in [0.05, 0.1) is 12.7 Å². The van der Waals surface area contributed by atoms with Crippen LogP contribution in [0.4, 0.5) is 0 Å². The van der Waals surface area contributed by atoms with Crippen LogP contribution in [0.2, 0.25) is 0 Å². The van der Waals surface area contributed by atoms with E-state index in [2.05, 4.69) is 12.2 Å². The van der Waals surface area contributed by atoms with Crippen molar-refractivity contribution in [1.29, 1.82) is 0 Å². The highest BCUT2D eigenvalue weighted by Gasteiger charge is 2.26. The predicted molar refractivity (Wildman–Crippen MR) is 59.7 cm³/mol. The summed E-state index contributed by atoms with van der Waals surface area (Å²) < 4.78 is 5.27. The summed E-state index contributed by atoms with van der Waals surface area (Å²) in [4.78, 5) is 0. The molecule has 0 amide bonds. The molecule has 1 saturated carbocycles. The van der Waals surface area contributed by atoms with Crippen molar-refractivity contribution in [2.24, 2.45) is 11.8 Å². The van der Waals surface area contributed by atoms with Gasteiger partial charge in [-0.1, -0.05) is 12.8 Å². The lowest BCUT2D eigenvalue weighted by molar-refractivity contribution is 0.0884. The Balaban J connectivity index is 1.58. The molecule has 2 rings (SSSR count). The van der Waals surface area contributed by atoms with Gasteiger partial charge in [-0.25, -0.2) is 0 Å². The van der Waals surface area contributed by atoms with E-state index in [1.165, 1.54) is 19.3 Å². The third kappa shape index (κ3) is 3.74. The monoisotopic (exact) mass is 213 g/mol. The molecule has 2 N–H and O–H groups in total. The fourth-order valence-corrected chi connectivity index (χ4v) is 2.28. The second kappa shape index (κ2) is 5.28. The Morgan fingerprint density at radius 3 is 2.80 bits per heavy atom. The first-order valence-corrected chi connectivity index (χ1v) is 6.25. The maximum absolute atomic E-state index is 9.91. The number of nitrogens with one attached hydrogen (secondary N) is 1. The van der Waals surface area contributed by atoms with Crippen LogP contribution in [0.3, 0.4) is 0 Å². The zero-order valence-electron chi connectivity index (χ0n) is 9.61. The van der Waals surface area contributed by atoms with Gasteiger partial charge < -0.3 is 15.2 Å². The van der Waals surface area contributed by atoms with Crippen LogP contribution >= 0.6 is 0 Å². The molecular formula is C12H23NO2. The first kappa shape index (κ1) is 11.4. The highest BCUT2D eigenvalue weighted by atomic mass is 16.5. The van der Waals surface area contributed by atoms with E-state index in [1.807, 2.05) is 0 Å². The average molecular weight is 213 g/mol. The number of aliphatic hydroxyl groups excluding tert-OH is 1. The molecule has 2 fully saturated rings. The van der Waals surface area contributed by atoms with E-state index in [9.17, 15) is 5.11 Å². The number of hydrogen-bond donors (Lipinski definition) is 2. The van der Waals surface area contributed by atoms with E-state index >= 15 is 0 Å². The van der Waals surface area contributed by atoms with Gasteiger partial charge in [0.2, 0.25) is 0 Å². The van der Waals surface area contributed by atoms with Gasteiger partial charge in [0.1, 0.15) is 0 Å². The maximum Gasteiger partial charge on any atom is 0.0715 e. The number of rotatable bonds is 6. The topological polar surface area (TPSA) is 41.5 Å². The average Bonchev–Trinajstić information content (AvgIpc) is 2.86. The van der Waals surface area contributed by atoms with Crippen molar-refractivity contribution in [1.82, 2.24) is 5.32 Å². The van der Waals surface area contributed by atoms with Crippen molar-refractivity contribution in [3.63, 3.8) is 0 Å². The Hall–Kier alpha value is -0.120. The van der Waals surface area contributed by atoms with Crippen LogP contribution in [0.1, 0.15) is 32.6 Å². The van der Waals surface area contributed by atoms with E-state index in [1.54, 1.807) is 0 Å². The van der Waals surface area contributed by atoms with Crippen LogP contribution < -0.4 is 5.32 Å². The van der Waals surface area contributed by atoms with Crippen LogP contribution in [-0.2, 0) is 4.74 Å². The van der Waals surface area contributed by atoms with Crippen LogP contribution in [-0.4, -0.2) is 37.0 Å². The summed E-state index contributed by atoms with van der Waals surface area (Å²) in [5.74, 6) is 1.31. The molecule has 0 aromatic heterocycles. The fourth-order valence-electron chi connectivity index (χ4n) is 2.28. The van der Waals surface area contributed by atoms with Crippen molar-refractivity contribution in [2.45, 2.75) is 44.8 Å². The quantitative estimate of drug-likeness (QED) is 0.696. The van der Waals surface area contributed by atoms with Crippen molar-refractivity contribution in [3.05, 3.63) is 0 Å². The minimum Gasteiger partial charge on any atom is -0.391 e. The number of ether oxygens (including phenoxy) is 1. The summed E-state index contributed by atoms with van der Waals surface area (Å²) in [7, 11) is 0. The third-order valence-corrected chi connectivity index (χ3v) is 3.57. The molecule has 0 radical (unpaired) electrons. The Bertz CT molecular complexity index is 188. The second-order valence-corrected chi connectivity index (χ2v) is 5.18. The minimum absolute atomic E-state index is 0.228. The lowest BCUT2D eigenvalue weighted by Crippen LogP contribution is -2.37. The molecule has 3 unspecified atom stereocenters. The molecule has 0 aromatic carbocycles. The molecule has 3 heteroatoms. The Morgan fingerprint density at radius 2 is 2.20 bits per heavy atom. The largest absolute Gasteiger partial charge is 0.391 e. The van der Waals surface area contributed by atoms with Crippen LogP contribution in [0.15, 0.2) is 0 Å². The molecule has 0 bridgehead atoms. The van der Waals surface area contributed by atoms with Gasteiger partial charge in [0.25, 0.3) is 0 Å². The lowest BCUT2D eigenvalue weighted by atomic mass is 10.0. The van der Waals surface area contributed by atoms with E-state index in [-0.39, 0.29) is 6.10 Å². The van der Waals surface area contributed by atoms with E-state index in [0.717, 1.165) is 32.1 Å². The lowest BCUT2D eigenvalue weighted by Gasteiger charge is -2.20. The summed E-state index contributed by atoms with van der Waals surface area (Å²) >= 11 is 0. The van der Waals surface area contributed by atoms with Crippen LogP contribution in [0, 0.1) is 11.8 Å². The highest BCUT2D eigenvalue weighted by molar-refractivity contribution is 4.80. The molecular weight excluding hydrogens is 190 g/mol. The van der Waals surface area contributed by atoms with Crippen molar-refractivity contribution >= 4 is 0 Å². The standard InChI is InChI=1S/C12H23NO2/c1-9(6-10-2-3-10)13-7-12(14)11-4-5-15-8-11/h9-14H,2-8H2,1H3. The molecule has 0 spiro atoms. The molecule has 88 valence electrons. The summed E-state index contributed by atoms with van der Waals surface area (Å²) in [5, 5.41) is 13.3.